The van der Waals surface area contributed by atoms with Crippen LogP contribution in [0.15, 0.2) is 30.3 Å². The quantitative estimate of drug-likeness (QED) is 0.777. The fraction of sp³-hybridized carbons (Fsp3) is 0.462. The second-order valence-corrected chi connectivity index (χ2v) is 4.15. The Bertz CT molecular complexity index is 322. The van der Waals surface area contributed by atoms with Gasteiger partial charge in [-0.25, -0.2) is 0 Å². The summed E-state index contributed by atoms with van der Waals surface area (Å²) in [6.07, 6.45) is 0.337. The summed E-state index contributed by atoms with van der Waals surface area (Å²) in [4.78, 5) is 11.4. The van der Waals surface area contributed by atoms with Gasteiger partial charge in [0.2, 0.25) is 0 Å². The molecular formula is C13H19NO2. The van der Waals surface area contributed by atoms with Gasteiger partial charge in [0.05, 0.1) is 12.5 Å². The Morgan fingerprint density at radius 3 is 2.44 bits per heavy atom. The zero-order valence-electron chi connectivity index (χ0n) is 10.1. The molecule has 1 atom stereocenters. The van der Waals surface area contributed by atoms with E-state index in [1.165, 1.54) is 0 Å². The second kappa shape index (κ2) is 6.16. The molecule has 0 heterocycles. The standard InChI is InChI=1S/C13H19NO2/c1-10(2)16-13(15)9-11(3)14-12-7-5-4-6-8-12/h4-8,10-11,14H,9H2,1-3H3. The Hall–Kier alpha value is -1.51. The third kappa shape index (κ3) is 4.82. The third-order valence-corrected chi connectivity index (χ3v) is 2.03. The highest BCUT2D eigenvalue weighted by atomic mass is 16.5. The number of nitrogens with one attached hydrogen (secondary N) is 1. The van der Waals surface area contributed by atoms with Gasteiger partial charge in [-0.3, -0.25) is 4.79 Å². The molecule has 16 heavy (non-hydrogen) atoms. The predicted octanol–water partition coefficient (Wildman–Crippen LogP) is 2.83. The Balaban J connectivity index is 2.36. The number of carbonyl (C=O) groups is 1. The van der Waals surface area contributed by atoms with Crippen molar-refractivity contribution in [3.63, 3.8) is 0 Å². The number of esters is 1. The number of anilines is 1. The van der Waals surface area contributed by atoms with E-state index in [9.17, 15) is 4.79 Å². The van der Waals surface area contributed by atoms with Gasteiger partial charge in [0.15, 0.2) is 0 Å². The minimum Gasteiger partial charge on any atom is -0.463 e. The van der Waals surface area contributed by atoms with Gasteiger partial charge in [0.25, 0.3) is 0 Å². The molecule has 0 amide bonds. The van der Waals surface area contributed by atoms with Crippen LogP contribution in [0.25, 0.3) is 0 Å². The number of hydrogen-bond acceptors (Lipinski definition) is 3. The van der Waals surface area contributed by atoms with Gasteiger partial charge in [-0.2, -0.15) is 0 Å². The molecule has 0 spiro atoms. The van der Waals surface area contributed by atoms with Crippen LogP contribution in [-0.4, -0.2) is 18.1 Å². The van der Waals surface area contributed by atoms with Crippen molar-refractivity contribution in [1.29, 1.82) is 0 Å². The van der Waals surface area contributed by atoms with Crippen LogP contribution in [0.2, 0.25) is 0 Å². The van der Waals surface area contributed by atoms with E-state index in [0.717, 1.165) is 5.69 Å². The van der Waals surface area contributed by atoms with Crippen LogP contribution >= 0.6 is 0 Å². The molecule has 0 aromatic heterocycles. The summed E-state index contributed by atoms with van der Waals surface area (Å²) in [5.74, 6) is -0.161. The number of ether oxygens (including phenoxy) is 1. The zero-order chi connectivity index (χ0) is 12.0. The summed E-state index contributed by atoms with van der Waals surface area (Å²) in [6, 6.07) is 9.91. The highest BCUT2D eigenvalue weighted by Crippen LogP contribution is 2.09. The Kier molecular flexibility index (Phi) is 4.83. The maximum Gasteiger partial charge on any atom is 0.308 e. The lowest BCUT2D eigenvalue weighted by atomic mass is 10.2. The minimum absolute atomic E-state index is 0.0450. The summed E-state index contributed by atoms with van der Waals surface area (Å²) in [7, 11) is 0. The zero-order valence-corrected chi connectivity index (χ0v) is 10.1. The van der Waals surface area contributed by atoms with Crippen molar-refractivity contribution >= 4 is 11.7 Å². The van der Waals surface area contributed by atoms with Gasteiger partial charge in [0, 0.05) is 11.7 Å². The molecule has 1 aromatic carbocycles. The van der Waals surface area contributed by atoms with E-state index >= 15 is 0 Å². The van der Waals surface area contributed by atoms with Gasteiger partial charge in [-0.05, 0) is 32.9 Å². The first-order chi connectivity index (χ1) is 7.58. The maximum atomic E-state index is 11.4. The first kappa shape index (κ1) is 12.6. The van der Waals surface area contributed by atoms with E-state index in [1.54, 1.807) is 0 Å². The first-order valence-electron chi connectivity index (χ1n) is 5.59. The van der Waals surface area contributed by atoms with E-state index in [1.807, 2.05) is 51.1 Å². The van der Waals surface area contributed by atoms with Gasteiger partial charge < -0.3 is 10.1 Å². The van der Waals surface area contributed by atoms with E-state index in [0.29, 0.717) is 6.42 Å². The summed E-state index contributed by atoms with van der Waals surface area (Å²) in [5, 5.41) is 3.25. The van der Waals surface area contributed by atoms with Crippen LogP contribution in [0.1, 0.15) is 27.2 Å². The highest BCUT2D eigenvalue weighted by Gasteiger charge is 2.11. The second-order valence-electron chi connectivity index (χ2n) is 4.15. The molecule has 0 aliphatic heterocycles. The lowest BCUT2D eigenvalue weighted by Gasteiger charge is -2.15. The molecule has 3 heteroatoms. The molecule has 0 fully saturated rings. The molecule has 0 radical (unpaired) electrons. The Labute approximate surface area is 96.8 Å². The normalized spacial score (nSPS) is 12.2. The van der Waals surface area contributed by atoms with Crippen LogP contribution < -0.4 is 5.32 Å². The highest BCUT2D eigenvalue weighted by molar-refractivity contribution is 5.70. The van der Waals surface area contributed by atoms with Crippen LogP contribution in [-0.2, 0) is 9.53 Å². The van der Waals surface area contributed by atoms with Crippen molar-refractivity contribution in [2.24, 2.45) is 0 Å². The molecule has 0 saturated carbocycles. The molecule has 1 unspecified atom stereocenters. The van der Waals surface area contributed by atoms with Crippen molar-refractivity contribution in [3.8, 4) is 0 Å². The van der Waals surface area contributed by atoms with E-state index in [-0.39, 0.29) is 18.1 Å². The van der Waals surface area contributed by atoms with Crippen molar-refractivity contribution in [1.82, 2.24) is 0 Å². The number of benzene rings is 1. The molecule has 0 bridgehead atoms. The Morgan fingerprint density at radius 2 is 1.88 bits per heavy atom. The fourth-order valence-corrected chi connectivity index (χ4v) is 1.43. The van der Waals surface area contributed by atoms with Crippen LogP contribution in [0.3, 0.4) is 0 Å². The van der Waals surface area contributed by atoms with E-state index in [4.69, 9.17) is 4.74 Å². The third-order valence-electron chi connectivity index (χ3n) is 2.03. The van der Waals surface area contributed by atoms with Crippen molar-refractivity contribution < 1.29 is 9.53 Å². The molecule has 1 rings (SSSR count). The average molecular weight is 221 g/mol. The average Bonchev–Trinajstić information content (AvgIpc) is 2.17. The smallest absolute Gasteiger partial charge is 0.308 e. The number of para-hydroxylation sites is 1. The van der Waals surface area contributed by atoms with Gasteiger partial charge in [-0.1, -0.05) is 18.2 Å². The topological polar surface area (TPSA) is 38.3 Å². The summed E-state index contributed by atoms with van der Waals surface area (Å²) in [6.45, 7) is 5.68. The number of carbonyl (C=O) groups excluding carboxylic acids is 1. The predicted molar refractivity (Wildman–Crippen MR) is 65.4 cm³/mol. The van der Waals surface area contributed by atoms with Crippen LogP contribution in [0.4, 0.5) is 5.69 Å². The molecule has 0 aliphatic rings. The molecule has 1 N–H and O–H groups in total. The van der Waals surface area contributed by atoms with E-state index < -0.39 is 0 Å². The molecule has 3 nitrogen and oxygen atoms in total. The molecule has 1 aromatic rings. The lowest BCUT2D eigenvalue weighted by Crippen LogP contribution is -2.22. The fourth-order valence-electron chi connectivity index (χ4n) is 1.43. The number of hydrogen-bond donors (Lipinski definition) is 1. The van der Waals surface area contributed by atoms with Crippen LogP contribution in [0, 0.1) is 0 Å². The summed E-state index contributed by atoms with van der Waals surface area (Å²) in [5.41, 5.74) is 1.02. The summed E-state index contributed by atoms with van der Waals surface area (Å²) < 4.78 is 5.08. The maximum absolute atomic E-state index is 11.4. The minimum atomic E-state index is -0.161. The van der Waals surface area contributed by atoms with Crippen molar-refractivity contribution in [2.45, 2.75) is 39.3 Å². The monoisotopic (exact) mass is 221 g/mol. The number of rotatable bonds is 5. The SMILES string of the molecule is CC(CC(=O)OC(C)C)Nc1ccccc1. The molecule has 88 valence electrons. The summed E-state index contributed by atoms with van der Waals surface area (Å²) >= 11 is 0. The van der Waals surface area contributed by atoms with E-state index in [2.05, 4.69) is 5.32 Å². The Morgan fingerprint density at radius 1 is 1.25 bits per heavy atom. The molecular weight excluding hydrogens is 202 g/mol. The van der Waals surface area contributed by atoms with Crippen molar-refractivity contribution in [3.05, 3.63) is 30.3 Å². The lowest BCUT2D eigenvalue weighted by molar-refractivity contribution is -0.147. The first-order valence-corrected chi connectivity index (χ1v) is 5.59. The largest absolute Gasteiger partial charge is 0.463 e. The van der Waals surface area contributed by atoms with Gasteiger partial charge in [-0.15, -0.1) is 0 Å². The van der Waals surface area contributed by atoms with Crippen molar-refractivity contribution in [2.75, 3.05) is 5.32 Å². The van der Waals surface area contributed by atoms with Gasteiger partial charge in [0.1, 0.15) is 0 Å². The molecule has 0 aliphatic carbocycles. The molecule has 0 saturated heterocycles. The van der Waals surface area contributed by atoms with Crippen LogP contribution in [0.5, 0.6) is 0 Å². The van der Waals surface area contributed by atoms with Gasteiger partial charge >= 0.3 is 5.97 Å².